The third-order valence-corrected chi connectivity index (χ3v) is 11.7. The molecule has 0 aliphatic carbocycles. The number of fused-ring (bicyclic) bond motifs is 10. The van der Waals surface area contributed by atoms with E-state index in [2.05, 4.69) is 176 Å². The van der Waals surface area contributed by atoms with Gasteiger partial charge in [-0.05, 0) is 95.5 Å². The lowest BCUT2D eigenvalue weighted by Gasteiger charge is -2.18. The zero-order chi connectivity index (χ0) is 36.7. The summed E-state index contributed by atoms with van der Waals surface area (Å²) in [5.41, 5.74) is 13.1. The molecule has 0 fully saturated rings. The van der Waals surface area contributed by atoms with Crippen LogP contribution in [0.25, 0.3) is 121 Å². The predicted molar refractivity (Wildman–Crippen MR) is 235 cm³/mol. The second-order valence-electron chi connectivity index (χ2n) is 14.7. The normalized spacial score (nSPS) is 11.9. The zero-order valence-electron chi connectivity index (χ0n) is 30.3. The van der Waals surface area contributed by atoms with Crippen LogP contribution in [0.15, 0.2) is 203 Å². The van der Waals surface area contributed by atoms with Crippen LogP contribution in [-0.2, 0) is 0 Å². The molecule has 0 N–H and O–H groups in total. The van der Waals surface area contributed by atoms with Gasteiger partial charge < -0.3 is 8.83 Å². The molecular weight excluding hydrogens is 681 g/mol. The Balaban J connectivity index is 1.05. The van der Waals surface area contributed by atoms with Crippen molar-refractivity contribution in [2.75, 3.05) is 0 Å². The Kier molecular flexibility index (Phi) is 6.66. The van der Waals surface area contributed by atoms with E-state index >= 15 is 0 Å². The molecule has 0 aliphatic rings. The Labute approximate surface area is 322 Å². The van der Waals surface area contributed by atoms with Crippen LogP contribution in [-0.4, -0.2) is 0 Å². The monoisotopic (exact) mass is 712 g/mol. The fourth-order valence-corrected chi connectivity index (χ4v) is 9.18. The first-order valence-corrected chi connectivity index (χ1v) is 19.2. The first-order valence-electron chi connectivity index (χ1n) is 19.2. The van der Waals surface area contributed by atoms with Gasteiger partial charge in [-0.15, -0.1) is 0 Å². The Morgan fingerprint density at radius 3 is 1.29 bits per heavy atom. The molecule has 0 amide bonds. The maximum absolute atomic E-state index is 6.85. The molecule has 2 heterocycles. The summed E-state index contributed by atoms with van der Waals surface area (Å²) in [7, 11) is 0. The van der Waals surface area contributed by atoms with E-state index in [9.17, 15) is 0 Å². The van der Waals surface area contributed by atoms with Crippen molar-refractivity contribution in [3.63, 3.8) is 0 Å². The van der Waals surface area contributed by atoms with Crippen molar-refractivity contribution in [2.45, 2.75) is 0 Å². The smallest absolute Gasteiger partial charge is 0.143 e. The minimum atomic E-state index is 0.861. The lowest BCUT2D eigenvalue weighted by molar-refractivity contribution is 0.663. The quantitative estimate of drug-likeness (QED) is 0.170. The summed E-state index contributed by atoms with van der Waals surface area (Å²) in [4.78, 5) is 0. The van der Waals surface area contributed by atoms with Crippen molar-refractivity contribution in [1.29, 1.82) is 0 Å². The van der Waals surface area contributed by atoms with Gasteiger partial charge in [-0.25, -0.2) is 0 Å². The third-order valence-electron chi connectivity index (χ3n) is 11.7. The summed E-state index contributed by atoms with van der Waals surface area (Å²) in [6.45, 7) is 0. The number of hydrogen-bond acceptors (Lipinski definition) is 2. The highest BCUT2D eigenvalue weighted by atomic mass is 16.3. The van der Waals surface area contributed by atoms with Crippen molar-refractivity contribution in [2.24, 2.45) is 0 Å². The SMILES string of the molecule is c1ccc(-c2ccc(-c3c4ccccc4c(-c4ccc(-c5c6ccccc6cc6c5oc5ccc7oc8ccccc8c7c56)cc4)c4ccccc34)cc2)cc1. The van der Waals surface area contributed by atoms with Crippen LogP contribution in [0, 0.1) is 0 Å². The minimum absolute atomic E-state index is 0.861. The van der Waals surface area contributed by atoms with E-state index < -0.39 is 0 Å². The number of rotatable bonds is 4. The molecular formula is C54H32O2. The molecule has 2 nitrogen and oxygen atoms in total. The fraction of sp³-hybridized carbons (Fsp3) is 0. The Bertz CT molecular complexity index is 3440. The van der Waals surface area contributed by atoms with E-state index in [1.807, 2.05) is 18.2 Å². The van der Waals surface area contributed by atoms with Gasteiger partial charge in [0, 0.05) is 27.1 Å². The van der Waals surface area contributed by atoms with Crippen LogP contribution < -0.4 is 0 Å². The Morgan fingerprint density at radius 1 is 0.250 bits per heavy atom. The second kappa shape index (κ2) is 12.0. The predicted octanol–water partition coefficient (Wildman–Crippen LogP) is 15.6. The highest BCUT2D eigenvalue weighted by Crippen LogP contribution is 2.47. The second-order valence-corrected chi connectivity index (χ2v) is 14.7. The fourth-order valence-electron chi connectivity index (χ4n) is 9.18. The van der Waals surface area contributed by atoms with Gasteiger partial charge in [0.2, 0.25) is 0 Å². The zero-order valence-corrected chi connectivity index (χ0v) is 30.3. The summed E-state index contributed by atoms with van der Waals surface area (Å²) >= 11 is 0. The highest BCUT2D eigenvalue weighted by Gasteiger charge is 2.22. The molecule has 0 radical (unpaired) electrons. The van der Waals surface area contributed by atoms with E-state index in [-0.39, 0.29) is 0 Å². The molecule has 56 heavy (non-hydrogen) atoms. The van der Waals surface area contributed by atoms with Gasteiger partial charge in [0.05, 0.1) is 0 Å². The van der Waals surface area contributed by atoms with E-state index in [0.717, 1.165) is 55.0 Å². The van der Waals surface area contributed by atoms with Crippen LogP contribution in [0.1, 0.15) is 0 Å². The summed E-state index contributed by atoms with van der Waals surface area (Å²) in [5, 5.41) is 11.7. The van der Waals surface area contributed by atoms with E-state index in [0.29, 0.717) is 0 Å². The standard InChI is InChI=1S/C54H32O2/c1-2-12-33(13-3-1)34-22-24-35(25-23-34)49-40-16-6-8-18-42(40)50(43-19-9-7-17-41(43)49)36-26-28-37(29-27-36)51-39-15-5-4-14-38(39)32-45-53-48(56-54(45)51)31-30-47-52(53)44-20-10-11-21-46(44)55-47/h1-32H. The van der Waals surface area contributed by atoms with E-state index in [4.69, 9.17) is 8.83 Å². The van der Waals surface area contributed by atoms with Gasteiger partial charge in [-0.3, -0.25) is 0 Å². The summed E-state index contributed by atoms with van der Waals surface area (Å²) < 4.78 is 13.2. The van der Waals surface area contributed by atoms with Gasteiger partial charge in [-0.2, -0.15) is 0 Å². The summed E-state index contributed by atoms with van der Waals surface area (Å²) in [6.07, 6.45) is 0. The van der Waals surface area contributed by atoms with Crippen molar-refractivity contribution >= 4 is 76.2 Å². The van der Waals surface area contributed by atoms with E-state index in [1.54, 1.807) is 0 Å². The van der Waals surface area contributed by atoms with Gasteiger partial charge >= 0.3 is 0 Å². The molecule has 2 aromatic heterocycles. The molecule has 0 spiro atoms. The largest absolute Gasteiger partial charge is 0.456 e. The molecule has 0 aliphatic heterocycles. The van der Waals surface area contributed by atoms with Crippen molar-refractivity contribution in [3.05, 3.63) is 194 Å². The average Bonchev–Trinajstić information content (AvgIpc) is 3.83. The lowest BCUT2D eigenvalue weighted by atomic mass is 9.85. The Hall–Kier alpha value is -7.42. The molecule has 0 saturated carbocycles. The topological polar surface area (TPSA) is 26.3 Å². The third kappa shape index (κ3) is 4.57. The van der Waals surface area contributed by atoms with Gasteiger partial charge in [0.15, 0.2) is 0 Å². The molecule has 0 atom stereocenters. The summed E-state index contributed by atoms with van der Waals surface area (Å²) in [6, 6.07) is 69.7. The average molecular weight is 713 g/mol. The molecule has 12 aromatic rings. The maximum atomic E-state index is 6.85. The van der Waals surface area contributed by atoms with Gasteiger partial charge in [-0.1, -0.05) is 170 Å². The van der Waals surface area contributed by atoms with E-state index in [1.165, 1.54) is 65.7 Å². The lowest BCUT2D eigenvalue weighted by Crippen LogP contribution is -1.91. The number of hydrogen-bond donors (Lipinski definition) is 0. The van der Waals surface area contributed by atoms with Crippen LogP contribution in [0.3, 0.4) is 0 Å². The molecule has 10 aromatic carbocycles. The van der Waals surface area contributed by atoms with Crippen LogP contribution in [0.4, 0.5) is 0 Å². The molecule has 2 heteroatoms. The maximum Gasteiger partial charge on any atom is 0.143 e. The van der Waals surface area contributed by atoms with Gasteiger partial charge in [0.1, 0.15) is 22.3 Å². The van der Waals surface area contributed by atoms with Crippen LogP contribution >= 0.6 is 0 Å². The highest BCUT2D eigenvalue weighted by molar-refractivity contribution is 6.29. The van der Waals surface area contributed by atoms with Crippen LogP contribution in [0.5, 0.6) is 0 Å². The van der Waals surface area contributed by atoms with Gasteiger partial charge in [0.25, 0.3) is 0 Å². The van der Waals surface area contributed by atoms with Crippen LogP contribution in [0.2, 0.25) is 0 Å². The molecule has 260 valence electrons. The first kappa shape index (κ1) is 31.0. The summed E-state index contributed by atoms with van der Waals surface area (Å²) in [5.74, 6) is 0. The molecule has 12 rings (SSSR count). The number of furan rings is 2. The minimum Gasteiger partial charge on any atom is -0.456 e. The molecule has 0 unspecified atom stereocenters. The number of para-hydroxylation sites is 1. The molecule has 0 saturated heterocycles. The van der Waals surface area contributed by atoms with Crippen molar-refractivity contribution in [3.8, 4) is 44.5 Å². The number of benzene rings is 10. The first-order chi connectivity index (χ1) is 27.8. The molecule has 0 bridgehead atoms. The van der Waals surface area contributed by atoms with Crippen molar-refractivity contribution in [1.82, 2.24) is 0 Å². The van der Waals surface area contributed by atoms with Crippen molar-refractivity contribution < 1.29 is 8.83 Å². The Morgan fingerprint density at radius 2 is 0.679 bits per heavy atom.